The highest BCUT2D eigenvalue weighted by molar-refractivity contribution is 5.74. The zero-order valence-corrected chi connectivity index (χ0v) is 15.0. The predicted molar refractivity (Wildman–Crippen MR) is 94.7 cm³/mol. The molecule has 2 atom stereocenters. The molecule has 2 unspecified atom stereocenters. The maximum atomic E-state index is 12.2. The van der Waals surface area contributed by atoms with Gasteiger partial charge in [0.05, 0.1) is 0 Å². The Morgan fingerprint density at radius 2 is 2.17 bits per heavy atom. The lowest BCUT2D eigenvalue weighted by Crippen LogP contribution is -2.47. The Bertz CT molecular complexity index is 497. The fourth-order valence-electron chi connectivity index (χ4n) is 3.58. The number of carbonyl (C=O) groups excluding carboxylic acids is 1. The van der Waals surface area contributed by atoms with Gasteiger partial charge < -0.3 is 20.3 Å². The third-order valence-electron chi connectivity index (χ3n) is 5.02. The molecule has 1 fully saturated rings. The summed E-state index contributed by atoms with van der Waals surface area (Å²) in [7, 11) is 0. The van der Waals surface area contributed by atoms with Gasteiger partial charge in [-0.3, -0.25) is 0 Å². The molecule has 6 nitrogen and oxygen atoms in total. The number of rotatable bonds is 8. The summed E-state index contributed by atoms with van der Waals surface area (Å²) in [6.45, 7) is 5.69. The van der Waals surface area contributed by atoms with E-state index >= 15 is 0 Å². The Morgan fingerprint density at radius 3 is 2.79 bits per heavy atom. The minimum Gasteiger partial charge on any atom is -0.396 e. The summed E-state index contributed by atoms with van der Waals surface area (Å²) >= 11 is 0. The van der Waals surface area contributed by atoms with Crippen LogP contribution in [-0.4, -0.2) is 39.9 Å². The summed E-state index contributed by atoms with van der Waals surface area (Å²) in [6, 6.07) is -0.0327. The molecule has 1 aliphatic carbocycles. The van der Waals surface area contributed by atoms with Crippen molar-refractivity contribution in [3.8, 4) is 0 Å². The van der Waals surface area contributed by atoms with Crippen molar-refractivity contribution in [2.75, 3.05) is 13.2 Å². The molecule has 24 heavy (non-hydrogen) atoms. The van der Waals surface area contributed by atoms with Crippen molar-refractivity contribution < 1.29 is 9.90 Å². The van der Waals surface area contributed by atoms with Crippen LogP contribution in [-0.2, 0) is 6.54 Å². The van der Waals surface area contributed by atoms with Crippen LogP contribution in [0.3, 0.4) is 0 Å². The molecule has 2 amide bonds. The molecule has 0 aromatic carbocycles. The molecule has 0 spiro atoms. The van der Waals surface area contributed by atoms with Crippen LogP contribution in [0.25, 0.3) is 0 Å². The highest BCUT2D eigenvalue weighted by atomic mass is 16.3. The average Bonchev–Trinajstić information content (AvgIpc) is 2.98. The Hall–Kier alpha value is -1.56. The quantitative estimate of drug-likeness (QED) is 0.682. The van der Waals surface area contributed by atoms with Crippen molar-refractivity contribution >= 4 is 6.03 Å². The van der Waals surface area contributed by atoms with E-state index in [9.17, 15) is 9.90 Å². The molecule has 2 rings (SSSR count). The number of carbonyl (C=O) groups is 1. The van der Waals surface area contributed by atoms with Crippen LogP contribution in [0, 0.1) is 18.8 Å². The van der Waals surface area contributed by atoms with Gasteiger partial charge in [0.15, 0.2) is 0 Å². The first kappa shape index (κ1) is 18.8. The van der Waals surface area contributed by atoms with Gasteiger partial charge in [0.2, 0.25) is 0 Å². The number of amides is 2. The van der Waals surface area contributed by atoms with E-state index in [4.69, 9.17) is 0 Å². The van der Waals surface area contributed by atoms with E-state index in [0.717, 1.165) is 25.2 Å². The minimum atomic E-state index is -0.117. The van der Waals surface area contributed by atoms with E-state index in [1.165, 1.54) is 19.3 Å². The maximum Gasteiger partial charge on any atom is 0.315 e. The standard InChI is InChI=1S/C18H32N4O2/c1-14(13-22-10-9-19-15(22)2)12-20-18(24)21-17(8-11-23)16-6-4-3-5-7-16/h9-10,14,16-17,23H,3-8,11-13H2,1-2H3,(H2,20,21,24). The van der Waals surface area contributed by atoms with Gasteiger partial charge in [-0.25, -0.2) is 9.78 Å². The molecule has 0 aliphatic heterocycles. The average molecular weight is 336 g/mol. The van der Waals surface area contributed by atoms with Gasteiger partial charge in [-0.1, -0.05) is 26.2 Å². The van der Waals surface area contributed by atoms with E-state index in [2.05, 4.69) is 27.1 Å². The van der Waals surface area contributed by atoms with Crippen LogP contribution in [0.15, 0.2) is 12.4 Å². The number of hydrogen-bond acceptors (Lipinski definition) is 3. The normalized spacial score (nSPS) is 18.1. The molecule has 1 aliphatic rings. The molecule has 6 heteroatoms. The van der Waals surface area contributed by atoms with E-state index in [0.29, 0.717) is 24.8 Å². The number of aliphatic hydroxyl groups is 1. The van der Waals surface area contributed by atoms with E-state index in [1.54, 1.807) is 6.20 Å². The molecular formula is C18H32N4O2. The molecule has 136 valence electrons. The molecule has 0 radical (unpaired) electrons. The molecular weight excluding hydrogens is 304 g/mol. The van der Waals surface area contributed by atoms with Crippen LogP contribution in [0.4, 0.5) is 4.79 Å². The monoisotopic (exact) mass is 336 g/mol. The Morgan fingerprint density at radius 1 is 1.42 bits per heavy atom. The van der Waals surface area contributed by atoms with Crippen molar-refractivity contribution in [2.24, 2.45) is 11.8 Å². The molecule has 1 aromatic heterocycles. The Labute approximate surface area is 145 Å². The number of nitrogens with zero attached hydrogens (tertiary/aromatic N) is 2. The second-order valence-electron chi connectivity index (χ2n) is 7.10. The Balaban J connectivity index is 1.74. The highest BCUT2D eigenvalue weighted by Gasteiger charge is 2.24. The molecule has 1 heterocycles. The van der Waals surface area contributed by atoms with Crippen molar-refractivity contribution in [3.63, 3.8) is 0 Å². The fourth-order valence-corrected chi connectivity index (χ4v) is 3.58. The van der Waals surface area contributed by atoms with Gasteiger partial charge in [-0.2, -0.15) is 0 Å². The van der Waals surface area contributed by atoms with Crippen molar-refractivity contribution in [3.05, 3.63) is 18.2 Å². The number of urea groups is 1. The lowest BCUT2D eigenvalue weighted by Gasteiger charge is -2.30. The lowest BCUT2D eigenvalue weighted by atomic mass is 9.83. The molecule has 3 N–H and O–H groups in total. The van der Waals surface area contributed by atoms with Gasteiger partial charge in [-0.15, -0.1) is 0 Å². The van der Waals surface area contributed by atoms with Crippen LogP contribution >= 0.6 is 0 Å². The van der Waals surface area contributed by atoms with Crippen LogP contribution < -0.4 is 10.6 Å². The first-order valence-corrected chi connectivity index (χ1v) is 9.23. The molecule has 1 saturated carbocycles. The van der Waals surface area contributed by atoms with E-state index < -0.39 is 0 Å². The molecule has 0 bridgehead atoms. The molecule has 1 aromatic rings. The van der Waals surface area contributed by atoms with Crippen molar-refractivity contribution in [2.45, 2.75) is 65.0 Å². The number of aliphatic hydroxyl groups excluding tert-OH is 1. The maximum absolute atomic E-state index is 12.2. The van der Waals surface area contributed by atoms with E-state index in [-0.39, 0.29) is 18.7 Å². The van der Waals surface area contributed by atoms with Crippen LogP contribution in [0.2, 0.25) is 0 Å². The zero-order chi connectivity index (χ0) is 17.4. The predicted octanol–water partition coefficient (Wildman–Crippen LogP) is 2.46. The second-order valence-corrected chi connectivity index (χ2v) is 7.10. The number of imidazole rings is 1. The SMILES string of the molecule is Cc1nccn1CC(C)CNC(=O)NC(CCO)C1CCCCC1. The van der Waals surface area contributed by atoms with Gasteiger partial charge >= 0.3 is 6.03 Å². The zero-order valence-electron chi connectivity index (χ0n) is 15.0. The topological polar surface area (TPSA) is 79.2 Å². The number of hydrogen-bond donors (Lipinski definition) is 3. The van der Waals surface area contributed by atoms with E-state index in [1.807, 2.05) is 13.1 Å². The summed E-state index contributed by atoms with van der Waals surface area (Å²) < 4.78 is 2.10. The smallest absolute Gasteiger partial charge is 0.315 e. The minimum absolute atomic E-state index is 0.0847. The van der Waals surface area contributed by atoms with Crippen LogP contribution in [0.1, 0.15) is 51.3 Å². The second kappa shape index (κ2) is 9.67. The number of aryl methyl sites for hydroxylation is 1. The van der Waals surface area contributed by atoms with Crippen molar-refractivity contribution in [1.82, 2.24) is 20.2 Å². The van der Waals surface area contributed by atoms with Gasteiger partial charge in [-0.05, 0) is 38.0 Å². The lowest BCUT2D eigenvalue weighted by molar-refractivity contribution is 0.196. The Kier molecular flexibility index (Phi) is 7.56. The first-order valence-electron chi connectivity index (χ1n) is 9.23. The summed E-state index contributed by atoms with van der Waals surface area (Å²) in [5, 5.41) is 15.3. The highest BCUT2D eigenvalue weighted by Crippen LogP contribution is 2.27. The van der Waals surface area contributed by atoms with Gasteiger partial charge in [0.1, 0.15) is 5.82 Å². The summed E-state index contributed by atoms with van der Waals surface area (Å²) in [6.07, 6.45) is 10.5. The number of nitrogens with one attached hydrogen (secondary N) is 2. The number of aromatic nitrogens is 2. The largest absolute Gasteiger partial charge is 0.396 e. The summed E-state index contributed by atoms with van der Waals surface area (Å²) in [5.74, 6) is 1.82. The third-order valence-corrected chi connectivity index (χ3v) is 5.02. The summed E-state index contributed by atoms with van der Waals surface area (Å²) in [5.41, 5.74) is 0. The van der Waals surface area contributed by atoms with Crippen LogP contribution in [0.5, 0.6) is 0 Å². The van der Waals surface area contributed by atoms with Crippen molar-refractivity contribution in [1.29, 1.82) is 0 Å². The third kappa shape index (κ3) is 5.82. The first-order chi connectivity index (χ1) is 11.6. The molecule has 0 saturated heterocycles. The summed E-state index contributed by atoms with van der Waals surface area (Å²) in [4.78, 5) is 16.4. The van der Waals surface area contributed by atoms with Gasteiger partial charge in [0.25, 0.3) is 0 Å². The van der Waals surface area contributed by atoms with Gasteiger partial charge in [0, 0.05) is 38.1 Å². The fraction of sp³-hybridized carbons (Fsp3) is 0.778.